The second-order valence-electron chi connectivity index (χ2n) is 3.34. The molecule has 0 aromatic carbocycles. The summed E-state index contributed by atoms with van der Waals surface area (Å²) >= 11 is 6.94. The molecule has 0 unspecified atom stereocenters. The topological polar surface area (TPSA) is 84.7 Å². The third kappa shape index (κ3) is 2.98. The summed E-state index contributed by atoms with van der Waals surface area (Å²) in [6, 6.07) is 3.02. The van der Waals surface area contributed by atoms with E-state index < -0.39 is 0 Å². The Labute approximate surface area is 106 Å². The predicted molar refractivity (Wildman–Crippen MR) is 67.4 cm³/mol. The lowest BCUT2D eigenvalue weighted by Crippen LogP contribution is -2.08. The molecule has 0 aliphatic rings. The molecule has 0 saturated heterocycles. The largest absolute Gasteiger partial charge is 0.396 e. The van der Waals surface area contributed by atoms with Gasteiger partial charge in [-0.15, -0.1) is 0 Å². The minimum Gasteiger partial charge on any atom is -0.396 e. The molecule has 0 radical (unpaired) electrons. The van der Waals surface area contributed by atoms with Crippen LogP contribution in [0.4, 0.5) is 5.69 Å². The lowest BCUT2D eigenvalue weighted by Gasteiger charge is -2.04. The Bertz CT molecular complexity index is 613. The van der Waals surface area contributed by atoms with E-state index in [1.54, 1.807) is 13.0 Å². The van der Waals surface area contributed by atoms with Gasteiger partial charge in [-0.25, -0.2) is 9.97 Å². The highest BCUT2D eigenvalue weighted by Crippen LogP contribution is 2.28. The van der Waals surface area contributed by atoms with Gasteiger partial charge in [-0.05, 0) is 24.8 Å². The summed E-state index contributed by atoms with van der Waals surface area (Å²) in [4.78, 5) is 22.1. The number of nitrogens with two attached hydrogens (primary N) is 1. The van der Waals surface area contributed by atoms with Gasteiger partial charge < -0.3 is 10.7 Å². The fourth-order valence-electron chi connectivity index (χ4n) is 1.22. The molecule has 0 spiro atoms. The molecule has 0 fully saturated rings. The van der Waals surface area contributed by atoms with Gasteiger partial charge in [-0.2, -0.15) is 0 Å². The maximum atomic E-state index is 11.3. The van der Waals surface area contributed by atoms with Gasteiger partial charge in [-0.1, -0.05) is 11.6 Å². The van der Waals surface area contributed by atoms with E-state index in [1.165, 1.54) is 24.0 Å². The van der Waals surface area contributed by atoms with Crippen molar-refractivity contribution < 1.29 is 0 Å². The van der Waals surface area contributed by atoms with Gasteiger partial charge in [0.15, 0.2) is 5.16 Å². The molecule has 0 bridgehead atoms. The van der Waals surface area contributed by atoms with Crippen molar-refractivity contribution in [2.75, 3.05) is 5.73 Å². The number of aromatic nitrogens is 3. The Kier molecular flexibility index (Phi) is 3.35. The van der Waals surface area contributed by atoms with E-state index in [9.17, 15) is 4.79 Å². The van der Waals surface area contributed by atoms with Crippen molar-refractivity contribution in [3.05, 3.63) is 39.4 Å². The van der Waals surface area contributed by atoms with Crippen LogP contribution in [-0.2, 0) is 0 Å². The number of aryl methyl sites for hydroxylation is 1. The molecular weight excluding hydrogens is 260 g/mol. The third-order valence-corrected chi connectivity index (χ3v) is 3.01. The molecule has 3 N–H and O–H groups in total. The van der Waals surface area contributed by atoms with E-state index in [1.807, 2.05) is 0 Å². The van der Waals surface area contributed by atoms with Crippen LogP contribution in [0.2, 0.25) is 5.02 Å². The summed E-state index contributed by atoms with van der Waals surface area (Å²) in [5, 5.41) is 1.48. The van der Waals surface area contributed by atoms with Crippen LogP contribution in [0.25, 0.3) is 0 Å². The Hall–Kier alpha value is -1.53. The number of nitrogens with one attached hydrogen (secondary N) is 1. The molecule has 0 atom stereocenters. The summed E-state index contributed by atoms with van der Waals surface area (Å²) in [7, 11) is 0. The zero-order chi connectivity index (χ0) is 12.4. The second-order valence-corrected chi connectivity index (χ2v) is 4.76. The van der Waals surface area contributed by atoms with Gasteiger partial charge in [0, 0.05) is 18.0 Å². The van der Waals surface area contributed by atoms with Crippen LogP contribution in [0, 0.1) is 6.92 Å². The molecule has 2 aromatic rings. The summed E-state index contributed by atoms with van der Waals surface area (Å²) in [6.45, 7) is 1.75. The quantitative estimate of drug-likeness (QED) is 0.812. The minimum absolute atomic E-state index is 0.201. The SMILES string of the molecule is Cc1cc(=O)[nH]c(Sc2ncc(Cl)cc2N)n1. The standard InChI is InChI=1S/C10H9ClN4OS/c1-5-2-8(16)15-10(14-5)17-9-7(12)3-6(11)4-13-9/h2-4H,12H2,1H3,(H,14,15,16). The van der Waals surface area contributed by atoms with Crippen LogP contribution in [-0.4, -0.2) is 15.0 Å². The first-order valence-corrected chi connectivity index (χ1v) is 5.91. The number of H-pyrrole nitrogens is 1. The van der Waals surface area contributed by atoms with Crippen molar-refractivity contribution >= 4 is 29.1 Å². The van der Waals surface area contributed by atoms with Crippen LogP contribution in [0.3, 0.4) is 0 Å². The number of halogens is 1. The van der Waals surface area contributed by atoms with E-state index in [4.69, 9.17) is 17.3 Å². The molecule has 2 aromatic heterocycles. The monoisotopic (exact) mass is 268 g/mol. The average molecular weight is 269 g/mol. The molecule has 88 valence electrons. The van der Waals surface area contributed by atoms with Crippen LogP contribution >= 0.6 is 23.4 Å². The lowest BCUT2D eigenvalue weighted by molar-refractivity contribution is 0.902. The molecule has 17 heavy (non-hydrogen) atoms. The minimum atomic E-state index is -0.201. The molecule has 2 rings (SSSR count). The molecule has 0 amide bonds. The number of pyridine rings is 1. The maximum Gasteiger partial charge on any atom is 0.251 e. The number of anilines is 1. The summed E-state index contributed by atoms with van der Waals surface area (Å²) in [5.74, 6) is 0. The van der Waals surface area contributed by atoms with Gasteiger partial charge in [-0.3, -0.25) is 4.79 Å². The molecule has 0 aliphatic heterocycles. The van der Waals surface area contributed by atoms with Crippen molar-refractivity contribution in [3.8, 4) is 0 Å². The van der Waals surface area contributed by atoms with Crippen LogP contribution < -0.4 is 11.3 Å². The Balaban J connectivity index is 2.34. The van der Waals surface area contributed by atoms with E-state index >= 15 is 0 Å². The number of nitrogens with zero attached hydrogens (tertiary/aromatic N) is 2. The van der Waals surface area contributed by atoms with Crippen molar-refractivity contribution in [1.82, 2.24) is 15.0 Å². The lowest BCUT2D eigenvalue weighted by atomic mass is 10.4. The predicted octanol–water partition coefficient (Wildman–Crippen LogP) is 1.86. The first-order chi connectivity index (χ1) is 8.04. The van der Waals surface area contributed by atoms with Gasteiger partial charge in [0.05, 0.1) is 10.7 Å². The Morgan fingerprint density at radius 1 is 1.47 bits per heavy atom. The smallest absolute Gasteiger partial charge is 0.251 e. The van der Waals surface area contributed by atoms with Gasteiger partial charge in [0.1, 0.15) is 5.03 Å². The van der Waals surface area contributed by atoms with Crippen LogP contribution in [0.15, 0.2) is 33.3 Å². The number of hydrogen-bond acceptors (Lipinski definition) is 5. The summed E-state index contributed by atoms with van der Waals surface area (Å²) in [5.41, 5.74) is 6.65. The van der Waals surface area contributed by atoms with Gasteiger partial charge in [0.25, 0.3) is 5.56 Å². The number of nitrogen functional groups attached to an aromatic ring is 1. The highest BCUT2D eigenvalue weighted by atomic mass is 35.5. The second kappa shape index (κ2) is 4.77. The van der Waals surface area contributed by atoms with Crippen LogP contribution in [0.1, 0.15) is 5.69 Å². The summed E-state index contributed by atoms with van der Waals surface area (Å²) in [6.07, 6.45) is 1.49. The third-order valence-electron chi connectivity index (χ3n) is 1.89. The number of hydrogen-bond donors (Lipinski definition) is 2. The number of aromatic amines is 1. The highest BCUT2D eigenvalue weighted by Gasteiger charge is 2.06. The van der Waals surface area contributed by atoms with Crippen molar-refractivity contribution in [1.29, 1.82) is 0 Å². The average Bonchev–Trinajstić information content (AvgIpc) is 2.21. The fraction of sp³-hybridized carbons (Fsp3) is 0.100. The van der Waals surface area contributed by atoms with Crippen molar-refractivity contribution in [2.24, 2.45) is 0 Å². The molecule has 0 saturated carbocycles. The zero-order valence-corrected chi connectivity index (χ0v) is 10.5. The Morgan fingerprint density at radius 2 is 2.24 bits per heavy atom. The fourth-order valence-corrected chi connectivity index (χ4v) is 2.19. The van der Waals surface area contributed by atoms with Crippen LogP contribution in [0.5, 0.6) is 0 Å². The molecule has 0 aliphatic carbocycles. The van der Waals surface area contributed by atoms with E-state index in [0.29, 0.717) is 26.6 Å². The first-order valence-electron chi connectivity index (χ1n) is 4.71. The van der Waals surface area contributed by atoms with Gasteiger partial charge >= 0.3 is 0 Å². The number of rotatable bonds is 2. The van der Waals surface area contributed by atoms with Gasteiger partial charge in [0.2, 0.25) is 0 Å². The normalized spacial score (nSPS) is 10.5. The van der Waals surface area contributed by atoms with E-state index in [-0.39, 0.29) is 5.56 Å². The first kappa shape index (κ1) is 11.9. The molecule has 2 heterocycles. The maximum absolute atomic E-state index is 11.3. The van der Waals surface area contributed by atoms with Crippen molar-refractivity contribution in [2.45, 2.75) is 17.1 Å². The molecule has 5 nitrogen and oxygen atoms in total. The molecule has 7 heteroatoms. The van der Waals surface area contributed by atoms with Crippen molar-refractivity contribution in [3.63, 3.8) is 0 Å². The van der Waals surface area contributed by atoms with E-state index in [2.05, 4.69) is 15.0 Å². The van der Waals surface area contributed by atoms with E-state index in [0.717, 1.165) is 0 Å². The molecular formula is C10H9ClN4OS. The zero-order valence-electron chi connectivity index (χ0n) is 8.90. The Morgan fingerprint density at radius 3 is 2.88 bits per heavy atom. The highest BCUT2D eigenvalue weighted by molar-refractivity contribution is 7.99. The summed E-state index contributed by atoms with van der Waals surface area (Å²) < 4.78 is 0.